The van der Waals surface area contributed by atoms with E-state index in [1.165, 1.54) is 36.7 Å². The van der Waals surface area contributed by atoms with Gasteiger partial charge in [-0.1, -0.05) is 46.0 Å². The lowest BCUT2D eigenvalue weighted by molar-refractivity contribution is 0.436. The summed E-state index contributed by atoms with van der Waals surface area (Å²) in [4.78, 5) is 34.0. The van der Waals surface area contributed by atoms with Crippen LogP contribution in [-0.4, -0.2) is 32.2 Å². The first-order chi connectivity index (χ1) is 13.0. The van der Waals surface area contributed by atoms with Gasteiger partial charge in [-0.15, -0.1) is 0 Å². The molecular weight excluding hydrogens is 342 g/mol. The zero-order chi connectivity index (χ0) is 19.4. The van der Waals surface area contributed by atoms with E-state index in [0.717, 1.165) is 44.8 Å². The Labute approximate surface area is 160 Å². The van der Waals surface area contributed by atoms with Gasteiger partial charge in [0.1, 0.15) is 0 Å². The SMILES string of the molecule is CCCCCCCCn1c(N2CCC[C@H](C)C2)nc2c1c(=O)[nH]c(=O)n2C. The minimum absolute atomic E-state index is 0.331. The van der Waals surface area contributed by atoms with E-state index in [1.54, 1.807) is 7.05 Å². The number of fused-ring (bicyclic) bond motifs is 1. The average Bonchev–Trinajstić information content (AvgIpc) is 3.03. The van der Waals surface area contributed by atoms with Gasteiger partial charge >= 0.3 is 5.69 Å². The van der Waals surface area contributed by atoms with Gasteiger partial charge in [0.05, 0.1) is 0 Å². The number of piperidine rings is 1. The van der Waals surface area contributed by atoms with Crippen LogP contribution in [0, 0.1) is 5.92 Å². The van der Waals surface area contributed by atoms with Gasteiger partial charge in [0.15, 0.2) is 11.2 Å². The number of nitrogens with zero attached hydrogens (tertiary/aromatic N) is 4. The predicted octanol–water partition coefficient (Wildman–Crippen LogP) is 3.02. The summed E-state index contributed by atoms with van der Waals surface area (Å²) in [5, 5.41) is 0. The van der Waals surface area contributed by atoms with Crippen LogP contribution in [0.4, 0.5) is 5.95 Å². The lowest BCUT2D eigenvalue weighted by Gasteiger charge is -2.32. The van der Waals surface area contributed by atoms with E-state index in [2.05, 4.69) is 23.7 Å². The zero-order valence-corrected chi connectivity index (χ0v) is 17.0. The first-order valence-electron chi connectivity index (χ1n) is 10.5. The van der Waals surface area contributed by atoms with E-state index < -0.39 is 5.69 Å². The molecule has 0 aromatic carbocycles. The number of anilines is 1. The molecule has 1 aliphatic rings. The molecule has 0 bridgehead atoms. The molecule has 1 N–H and O–H groups in total. The van der Waals surface area contributed by atoms with Crippen molar-refractivity contribution in [1.82, 2.24) is 19.1 Å². The molecule has 7 nitrogen and oxygen atoms in total. The summed E-state index contributed by atoms with van der Waals surface area (Å²) in [5.41, 5.74) is 0.278. The average molecular weight is 376 g/mol. The van der Waals surface area contributed by atoms with Crippen LogP contribution in [-0.2, 0) is 13.6 Å². The molecule has 1 fully saturated rings. The Morgan fingerprint density at radius 1 is 1.15 bits per heavy atom. The van der Waals surface area contributed by atoms with Crippen molar-refractivity contribution in [2.45, 2.75) is 71.8 Å². The minimum atomic E-state index is -0.407. The van der Waals surface area contributed by atoms with Crippen molar-refractivity contribution in [1.29, 1.82) is 0 Å². The minimum Gasteiger partial charge on any atom is -0.342 e. The Bertz CT molecular complexity index is 879. The highest BCUT2D eigenvalue weighted by molar-refractivity contribution is 5.74. The van der Waals surface area contributed by atoms with E-state index in [1.807, 2.05) is 4.57 Å². The molecule has 0 unspecified atom stereocenters. The first kappa shape index (κ1) is 19.7. The van der Waals surface area contributed by atoms with Crippen molar-refractivity contribution in [2.24, 2.45) is 13.0 Å². The molecule has 3 rings (SSSR count). The van der Waals surface area contributed by atoms with Gasteiger partial charge in [0.2, 0.25) is 5.95 Å². The van der Waals surface area contributed by atoms with Gasteiger partial charge in [0, 0.05) is 26.7 Å². The summed E-state index contributed by atoms with van der Waals surface area (Å²) >= 11 is 0. The molecule has 1 atom stereocenters. The third-order valence-electron chi connectivity index (χ3n) is 5.66. The molecule has 150 valence electrons. The van der Waals surface area contributed by atoms with E-state index in [0.29, 0.717) is 17.1 Å². The maximum Gasteiger partial charge on any atom is 0.329 e. The van der Waals surface area contributed by atoms with Crippen molar-refractivity contribution in [3.05, 3.63) is 20.8 Å². The molecule has 2 aromatic heterocycles. The molecule has 3 heterocycles. The van der Waals surface area contributed by atoms with E-state index in [-0.39, 0.29) is 5.56 Å². The molecule has 7 heteroatoms. The molecule has 1 aliphatic heterocycles. The van der Waals surface area contributed by atoms with Gasteiger partial charge in [-0.05, 0) is 25.2 Å². The monoisotopic (exact) mass is 375 g/mol. The van der Waals surface area contributed by atoms with Gasteiger partial charge < -0.3 is 9.47 Å². The molecule has 2 aromatic rings. The maximum atomic E-state index is 12.6. The molecule has 0 amide bonds. The normalized spacial score (nSPS) is 17.7. The molecule has 0 aliphatic carbocycles. The van der Waals surface area contributed by atoms with Crippen LogP contribution >= 0.6 is 0 Å². The Hall–Kier alpha value is -2.05. The van der Waals surface area contributed by atoms with Crippen molar-refractivity contribution >= 4 is 17.1 Å². The Morgan fingerprint density at radius 3 is 2.63 bits per heavy atom. The summed E-state index contributed by atoms with van der Waals surface area (Å²) in [7, 11) is 1.67. The van der Waals surface area contributed by atoms with Crippen LogP contribution in [0.3, 0.4) is 0 Å². The quantitative estimate of drug-likeness (QED) is 0.720. The Kier molecular flexibility index (Phi) is 6.39. The van der Waals surface area contributed by atoms with Gasteiger partial charge in [-0.2, -0.15) is 4.98 Å². The standard InChI is InChI=1S/C20H33N5O2/c1-4-5-6-7-8-9-13-25-16-17(23(3)20(27)22-18(16)26)21-19(25)24-12-10-11-15(2)14-24/h15H,4-14H2,1-3H3,(H,22,26,27)/t15-/m0/s1. The number of hydrogen-bond acceptors (Lipinski definition) is 4. The summed E-state index contributed by atoms with van der Waals surface area (Å²) in [5.74, 6) is 1.46. The van der Waals surface area contributed by atoms with Gasteiger partial charge in [0.25, 0.3) is 5.56 Å². The fourth-order valence-electron chi connectivity index (χ4n) is 4.10. The van der Waals surface area contributed by atoms with Gasteiger partial charge in [-0.25, -0.2) is 4.79 Å². The number of hydrogen-bond donors (Lipinski definition) is 1. The lowest BCUT2D eigenvalue weighted by atomic mass is 10.0. The van der Waals surface area contributed by atoms with E-state index in [4.69, 9.17) is 4.98 Å². The van der Waals surface area contributed by atoms with Crippen molar-refractivity contribution in [3.8, 4) is 0 Å². The second-order valence-corrected chi connectivity index (χ2v) is 8.02. The van der Waals surface area contributed by atoms with Crippen LogP contribution < -0.4 is 16.1 Å². The third kappa shape index (κ3) is 4.28. The molecule has 0 saturated carbocycles. The molecule has 27 heavy (non-hydrogen) atoms. The number of aromatic nitrogens is 4. The largest absolute Gasteiger partial charge is 0.342 e. The van der Waals surface area contributed by atoms with Crippen molar-refractivity contribution in [3.63, 3.8) is 0 Å². The summed E-state index contributed by atoms with van der Waals surface area (Å²) < 4.78 is 3.50. The topological polar surface area (TPSA) is 75.9 Å². The van der Waals surface area contributed by atoms with Crippen molar-refractivity contribution < 1.29 is 0 Å². The smallest absolute Gasteiger partial charge is 0.329 e. The van der Waals surface area contributed by atoms with Crippen LogP contribution in [0.2, 0.25) is 0 Å². The second-order valence-electron chi connectivity index (χ2n) is 8.02. The lowest BCUT2D eigenvalue weighted by Crippen LogP contribution is -2.36. The van der Waals surface area contributed by atoms with Gasteiger partial charge in [-0.3, -0.25) is 14.3 Å². The van der Waals surface area contributed by atoms with Crippen LogP contribution in [0.5, 0.6) is 0 Å². The summed E-state index contributed by atoms with van der Waals surface area (Å²) in [6, 6.07) is 0. The first-order valence-corrected chi connectivity index (χ1v) is 10.5. The summed E-state index contributed by atoms with van der Waals surface area (Å²) in [6.07, 6.45) is 9.56. The number of unbranched alkanes of at least 4 members (excludes halogenated alkanes) is 5. The van der Waals surface area contributed by atoms with Crippen LogP contribution in [0.15, 0.2) is 9.59 Å². The third-order valence-corrected chi connectivity index (χ3v) is 5.66. The highest BCUT2D eigenvalue weighted by Gasteiger charge is 2.24. The highest BCUT2D eigenvalue weighted by Crippen LogP contribution is 2.25. The van der Waals surface area contributed by atoms with Crippen LogP contribution in [0.1, 0.15) is 65.2 Å². The number of nitrogens with one attached hydrogen (secondary N) is 1. The van der Waals surface area contributed by atoms with E-state index >= 15 is 0 Å². The molecule has 0 spiro atoms. The fraction of sp³-hybridized carbons (Fsp3) is 0.750. The van der Waals surface area contributed by atoms with Crippen LogP contribution in [0.25, 0.3) is 11.2 Å². The number of H-pyrrole nitrogens is 1. The number of aromatic amines is 1. The molecule has 1 saturated heterocycles. The fourth-order valence-corrected chi connectivity index (χ4v) is 4.10. The maximum absolute atomic E-state index is 12.6. The van der Waals surface area contributed by atoms with E-state index in [9.17, 15) is 9.59 Å². The molecular formula is C20H33N5O2. The zero-order valence-electron chi connectivity index (χ0n) is 17.0. The highest BCUT2D eigenvalue weighted by atomic mass is 16.2. The number of imidazole rings is 1. The molecule has 0 radical (unpaired) electrons. The Balaban J connectivity index is 1.92. The summed E-state index contributed by atoms with van der Waals surface area (Å²) in [6.45, 7) is 7.15. The predicted molar refractivity (Wildman–Crippen MR) is 110 cm³/mol. The van der Waals surface area contributed by atoms with Crippen molar-refractivity contribution in [2.75, 3.05) is 18.0 Å². The number of aryl methyl sites for hydroxylation is 2. The number of rotatable bonds is 8. The second kappa shape index (κ2) is 8.76. The Morgan fingerprint density at radius 2 is 1.89 bits per heavy atom.